The predicted octanol–water partition coefficient (Wildman–Crippen LogP) is 0.830. The van der Waals surface area contributed by atoms with Crippen LogP contribution in [0.5, 0.6) is 0 Å². The number of hydrogen-bond donors (Lipinski definition) is 2. The highest BCUT2D eigenvalue weighted by molar-refractivity contribution is 6.35. The minimum absolute atomic E-state index is 0.0743. The number of rotatable bonds is 2. The monoisotopic (exact) mass is 333 g/mol. The molecule has 4 rings (SSSR count). The molecule has 4 fully saturated rings. The van der Waals surface area contributed by atoms with Crippen LogP contribution in [0.2, 0.25) is 0 Å². The van der Waals surface area contributed by atoms with Gasteiger partial charge in [0.2, 0.25) is 5.91 Å². The summed E-state index contributed by atoms with van der Waals surface area (Å²) in [5, 5.41) is 5.58. The Labute approximate surface area is 143 Å². The molecule has 24 heavy (non-hydrogen) atoms. The molecule has 0 aromatic rings. The molecule has 3 aliphatic carbocycles. The zero-order chi connectivity index (χ0) is 17.6. The van der Waals surface area contributed by atoms with Crippen molar-refractivity contribution in [1.82, 2.24) is 15.5 Å². The summed E-state index contributed by atoms with van der Waals surface area (Å²) >= 11 is 0. The zero-order valence-electron chi connectivity index (χ0n) is 14.7. The van der Waals surface area contributed by atoms with Gasteiger partial charge in [0.25, 0.3) is 0 Å². The first kappa shape index (κ1) is 17.0. The van der Waals surface area contributed by atoms with Crippen molar-refractivity contribution in [3.05, 3.63) is 12.2 Å². The van der Waals surface area contributed by atoms with E-state index in [9.17, 15) is 14.4 Å². The van der Waals surface area contributed by atoms with E-state index in [1.807, 2.05) is 0 Å². The fourth-order valence-electron chi connectivity index (χ4n) is 4.48. The van der Waals surface area contributed by atoms with E-state index < -0.39 is 11.8 Å². The van der Waals surface area contributed by atoms with E-state index in [0.717, 1.165) is 18.4 Å². The summed E-state index contributed by atoms with van der Waals surface area (Å²) in [7, 11) is 1.71. The molecule has 4 atom stereocenters. The van der Waals surface area contributed by atoms with Crippen LogP contribution in [0.4, 0.5) is 0 Å². The normalized spacial score (nSPS) is 34.4. The lowest BCUT2D eigenvalue weighted by atomic mass is 9.46. The van der Waals surface area contributed by atoms with Crippen LogP contribution in [0.1, 0.15) is 39.5 Å². The van der Waals surface area contributed by atoms with Crippen LogP contribution >= 0.6 is 0 Å². The van der Waals surface area contributed by atoms with Gasteiger partial charge >= 0.3 is 11.8 Å². The molecule has 132 valence electrons. The van der Waals surface area contributed by atoms with Crippen molar-refractivity contribution < 1.29 is 14.4 Å². The predicted molar refractivity (Wildman–Crippen MR) is 89.9 cm³/mol. The van der Waals surface area contributed by atoms with Gasteiger partial charge in [-0.05, 0) is 36.5 Å². The largest absolute Gasteiger partial charge is 0.344 e. The molecule has 0 spiro atoms. The molecule has 1 heterocycles. The van der Waals surface area contributed by atoms with Crippen LogP contribution in [-0.2, 0) is 14.4 Å². The van der Waals surface area contributed by atoms with E-state index in [1.54, 1.807) is 11.9 Å². The molecule has 2 N–H and O–H groups in total. The standard InChI is InChI=1S/C18H27N3O3/c1-10-13-7-11(18(13,2)3)8-14(10)20-17(24)16(23)19-12-5-6-15(22)21(4)9-12/h11-14H,1,5-9H2,2-4H3,(H,19,23)(H,20,24)/t11-,12?,13+,14?/m1/s1. The zero-order valence-corrected chi connectivity index (χ0v) is 14.7. The Hall–Kier alpha value is -1.85. The molecule has 0 radical (unpaired) electrons. The Balaban J connectivity index is 1.51. The quantitative estimate of drug-likeness (QED) is 0.580. The number of nitrogens with one attached hydrogen (secondary N) is 2. The highest BCUT2D eigenvalue weighted by atomic mass is 16.2. The van der Waals surface area contributed by atoms with Gasteiger partial charge in [0.1, 0.15) is 0 Å². The highest BCUT2D eigenvalue weighted by Gasteiger charge is 2.55. The molecule has 1 aliphatic heterocycles. The van der Waals surface area contributed by atoms with Crippen molar-refractivity contribution in [1.29, 1.82) is 0 Å². The average molecular weight is 333 g/mol. The van der Waals surface area contributed by atoms with Gasteiger partial charge in [-0.1, -0.05) is 26.0 Å². The Bertz CT molecular complexity index is 598. The Morgan fingerprint density at radius 3 is 2.46 bits per heavy atom. The van der Waals surface area contributed by atoms with Crippen molar-refractivity contribution in [3.8, 4) is 0 Å². The Morgan fingerprint density at radius 1 is 1.21 bits per heavy atom. The first-order valence-corrected chi connectivity index (χ1v) is 8.74. The van der Waals surface area contributed by atoms with Gasteiger partial charge in [-0.15, -0.1) is 0 Å². The smallest absolute Gasteiger partial charge is 0.309 e. The second-order valence-corrected chi connectivity index (χ2v) is 8.13. The molecule has 6 heteroatoms. The summed E-state index contributed by atoms with van der Waals surface area (Å²) in [6, 6.07) is -0.261. The minimum Gasteiger partial charge on any atom is -0.344 e. The molecule has 2 bridgehead atoms. The third-order valence-electron chi connectivity index (χ3n) is 6.36. The van der Waals surface area contributed by atoms with Crippen LogP contribution in [0, 0.1) is 17.3 Å². The van der Waals surface area contributed by atoms with Crippen molar-refractivity contribution in [2.24, 2.45) is 17.3 Å². The lowest BCUT2D eigenvalue weighted by Gasteiger charge is -2.59. The number of likely N-dealkylation sites (tertiary alicyclic amines) is 1. The number of amides is 3. The molecule has 2 unspecified atom stereocenters. The van der Waals surface area contributed by atoms with E-state index in [0.29, 0.717) is 31.2 Å². The third-order valence-corrected chi connectivity index (χ3v) is 6.36. The van der Waals surface area contributed by atoms with Crippen LogP contribution in [0.25, 0.3) is 0 Å². The summed E-state index contributed by atoms with van der Waals surface area (Å²) in [6.45, 7) is 9.12. The lowest BCUT2D eigenvalue weighted by Crippen LogP contribution is -2.59. The van der Waals surface area contributed by atoms with Crippen LogP contribution in [-0.4, -0.2) is 48.3 Å². The fraction of sp³-hybridized carbons (Fsp3) is 0.722. The average Bonchev–Trinajstić information content (AvgIpc) is 2.52. The molecule has 6 nitrogen and oxygen atoms in total. The lowest BCUT2D eigenvalue weighted by molar-refractivity contribution is -0.141. The first-order valence-electron chi connectivity index (χ1n) is 8.74. The van der Waals surface area contributed by atoms with Crippen LogP contribution < -0.4 is 10.6 Å². The van der Waals surface area contributed by atoms with E-state index in [-0.39, 0.29) is 23.4 Å². The number of hydrogen-bond acceptors (Lipinski definition) is 3. The maximum atomic E-state index is 12.2. The van der Waals surface area contributed by atoms with E-state index >= 15 is 0 Å². The Kier molecular flexibility index (Phi) is 4.18. The SMILES string of the molecule is C=C1C(NC(=O)C(=O)NC2CCC(=O)N(C)C2)C[C@H]2C[C@@H]1C2(C)C. The van der Waals surface area contributed by atoms with Crippen molar-refractivity contribution in [2.75, 3.05) is 13.6 Å². The molecule has 3 saturated carbocycles. The molecular formula is C18H27N3O3. The summed E-state index contributed by atoms with van der Waals surface area (Å²) in [5.74, 6) is -0.124. The molecule has 3 amide bonds. The van der Waals surface area contributed by atoms with E-state index in [2.05, 4.69) is 31.1 Å². The first-order chi connectivity index (χ1) is 11.2. The number of carbonyl (C=O) groups is 3. The minimum atomic E-state index is -0.617. The Morgan fingerprint density at radius 2 is 1.88 bits per heavy atom. The van der Waals surface area contributed by atoms with Crippen LogP contribution in [0.15, 0.2) is 12.2 Å². The molecule has 4 aliphatic rings. The molecule has 0 aromatic heterocycles. The second-order valence-electron chi connectivity index (χ2n) is 8.13. The summed E-state index contributed by atoms with van der Waals surface area (Å²) in [4.78, 5) is 37.4. The van der Waals surface area contributed by atoms with Crippen molar-refractivity contribution in [3.63, 3.8) is 0 Å². The van der Waals surface area contributed by atoms with Gasteiger partial charge in [0, 0.05) is 26.1 Å². The number of piperidine rings is 1. The number of likely N-dealkylation sites (N-methyl/N-ethyl adjacent to an activating group) is 1. The second kappa shape index (κ2) is 5.90. The number of fused-ring (bicyclic) bond motifs is 2. The summed E-state index contributed by atoms with van der Waals surface area (Å²) in [6.07, 6.45) is 2.99. The van der Waals surface area contributed by atoms with E-state index in [4.69, 9.17) is 0 Å². The van der Waals surface area contributed by atoms with E-state index in [1.165, 1.54) is 0 Å². The summed E-state index contributed by atoms with van der Waals surface area (Å²) < 4.78 is 0. The number of nitrogens with zero attached hydrogens (tertiary/aromatic N) is 1. The van der Waals surface area contributed by atoms with Gasteiger partial charge < -0.3 is 15.5 Å². The van der Waals surface area contributed by atoms with Gasteiger partial charge in [0.15, 0.2) is 0 Å². The van der Waals surface area contributed by atoms with Gasteiger partial charge in [0.05, 0.1) is 6.04 Å². The summed E-state index contributed by atoms with van der Waals surface area (Å²) in [5.41, 5.74) is 1.31. The van der Waals surface area contributed by atoms with Crippen molar-refractivity contribution >= 4 is 17.7 Å². The maximum Gasteiger partial charge on any atom is 0.309 e. The van der Waals surface area contributed by atoms with Gasteiger partial charge in [-0.2, -0.15) is 0 Å². The molecule has 1 saturated heterocycles. The fourth-order valence-corrected chi connectivity index (χ4v) is 4.48. The third kappa shape index (κ3) is 2.82. The van der Waals surface area contributed by atoms with Crippen LogP contribution in [0.3, 0.4) is 0 Å². The number of carbonyl (C=O) groups excluding carboxylic acids is 3. The maximum absolute atomic E-state index is 12.2. The highest BCUT2D eigenvalue weighted by Crippen LogP contribution is 2.60. The molecular weight excluding hydrogens is 306 g/mol. The topological polar surface area (TPSA) is 78.5 Å². The molecule has 0 aromatic carbocycles. The van der Waals surface area contributed by atoms with Gasteiger partial charge in [-0.25, -0.2) is 0 Å². The van der Waals surface area contributed by atoms with Gasteiger partial charge in [-0.3, -0.25) is 14.4 Å². The van der Waals surface area contributed by atoms with Crippen molar-refractivity contribution in [2.45, 2.75) is 51.6 Å².